The van der Waals surface area contributed by atoms with Gasteiger partial charge < -0.3 is 19.4 Å². The predicted octanol–water partition coefficient (Wildman–Crippen LogP) is 3.33. The summed E-state index contributed by atoms with van der Waals surface area (Å²) in [7, 11) is 1.71. The molecular formula is C26H34N6O2. The first-order chi connectivity index (χ1) is 16.6. The van der Waals surface area contributed by atoms with E-state index in [-0.39, 0.29) is 5.92 Å². The second-order valence-corrected chi connectivity index (χ2v) is 9.18. The Morgan fingerprint density at radius 3 is 2.47 bits per heavy atom. The molecule has 1 aromatic carbocycles. The van der Waals surface area contributed by atoms with Crippen LogP contribution in [0.2, 0.25) is 0 Å². The average Bonchev–Trinajstić information content (AvgIpc) is 3.24. The highest BCUT2D eigenvalue weighted by atomic mass is 16.5. The van der Waals surface area contributed by atoms with Crippen molar-refractivity contribution < 1.29 is 9.53 Å². The highest BCUT2D eigenvalue weighted by Gasteiger charge is 2.32. The van der Waals surface area contributed by atoms with Crippen molar-refractivity contribution in [1.29, 1.82) is 0 Å². The molecule has 34 heavy (non-hydrogen) atoms. The highest BCUT2D eigenvalue weighted by Crippen LogP contribution is 2.32. The number of piperidine rings is 1. The van der Waals surface area contributed by atoms with Crippen LogP contribution in [-0.2, 0) is 11.3 Å². The molecule has 2 aliphatic rings. The molecule has 2 fully saturated rings. The Kier molecular flexibility index (Phi) is 6.30. The van der Waals surface area contributed by atoms with Crippen molar-refractivity contribution in [2.75, 3.05) is 56.2 Å². The Balaban J connectivity index is 1.21. The van der Waals surface area contributed by atoms with Gasteiger partial charge in [0.25, 0.3) is 0 Å². The number of pyridine rings is 1. The van der Waals surface area contributed by atoms with Crippen molar-refractivity contribution in [3.8, 4) is 5.75 Å². The topological polar surface area (TPSA) is 66.7 Å². The van der Waals surface area contributed by atoms with Crippen molar-refractivity contribution in [3.05, 3.63) is 42.2 Å². The van der Waals surface area contributed by atoms with Gasteiger partial charge in [-0.1, -0.05) is 12.1 Å². The fraction of sp³-hybridized carbons (Fsp3) is 0.500. The van der Waals surface area contributed by atoms with Gasteiger partial charge in [0.05, 0.1) is 18.5 Å². The van der Waals surface area contributed by atoms with E-state index in [2.05, 4.69) is 39.7 Å². The second-order valence-electron chi connectivity index (χ2n) is 9.18. The summed E-state index contributed by atoms with van der Waals surface area (Å²) in [5.41, 5.74) is 3.26. The maximum absolute atomic E-state index is 13.3. The molecule has 0 N–H and O–H groups in total. The number of hydrogen-bond acceptors (Lipinski definition) is 6. The second kappa shape index (κ2) is 9.52. The van der Waals surface area contributed by atoms with Crippen LogP contribution in [0.5, 0.6) is 5.75 Å². The monoisotopic (exact) mass is 462 g/mol. The summed E-state index contributed by atoms with van der Waals surface area (Å²) < 4.78 is 7.57. The first-order valence-electron chi connectivity index (χ1n) is 12.3. The third-order valence-electron chi connectivity index (χ3n) is 7.28. The smallest absolute Gasteiger partial charge is 0.225 e. The van der Waals surface area contributed by atoms with Crippen molar-refractivity contribution in [1.82, 2.24) is 19.7 Å². The number of amides is 1. The lowest BCUT2D eigenvalue weighted by molar-refractivity contribution is -0.136. The van der Waals surface area contributed by atoms with E-state index in [0.29, 0.717) is 5.91 Å². The van der Waals surface area contributed by atoms with E-state index in [1.54, 1.807) is 7.11 Å². The third kappa shape index (κ3) is 4.06. The largest absolute Gasteiger partial charge is 0.495 e. The molecule has 0 aliphatic carbocycles. The lowest BCUT2D eigenvalue weighted by Gasteiger charge is -2.39. The third-order valence-corrected chi connectivity index (χ3v) is 7.28. The molecule has 0 bridgehead atoms. The molecule has 8 heteroatoms. The van der Waals surface area contributed by atoms with Gasteiger partial charge in [0.1, 0.15) is 11.3 Å². The number of piperazine rings is 1. The van der Waals surface area contributed by atoms with Gasteiger partial charge in [0.15, 0.2) is 5.82 Å². The molecule has 180 valence electrons. The van der Waals surface area contributed by atoms with Crippen LogP contribution in [0, 0.1) is 12.8 Å². The first kappa shape index (κ1) is 22.5. The van der Waals surface area contributed by atoms with Crippen LogP contribution < -0.4 is 14.5 Å². The fourth-order valence-electron chi connectivity index (χ4n) is 5.39. The minimum absolute atomic E-state index is 0.0890. The van der Waals surface area contributed by atoms with Crippen molar-refractivity contribution >= 4 is 28.3 Å². The van der Waals surface area contributed by atoms with Gasteiger partial charge in [-0.3, -0.25) is 9.48 Å². The zero-order chi connectivity index (χ0) is 23.7. The van der Waals surface area contributed by atoms with Gasteiger partial charge in [0, 0.05) is 63.3 Å². The summed E-state index contributed by atoms with van der Waals surface area (Å²) in [6.45, 7) is 9.85. The predicted molar refractivity (Wildman–Crippen MR) is 135 cm³/mol. The standard InChI is InChI=1S/C26H34N6O2/c1-4-32-24-21(19(2)28-32)9-12-27-25(24)30-13-10-20(11-14-30)26(33)31-17-15-29(16-18-31)22-7-5-6-8-23(22)34-3/h5-9,12,20H,4,10-11,13-18H2,1-3H3. The van der Waals surface area contributed by atoms with Gasteiger partial charge >= 0.3 is 0 Å². The lowest BCUT2D eigenvalue weighted by Crippen LogP contribution is -2.51. The molecule has 3 aromatic rings. The molecular weight excluding hydrogens is 428 g/mol. The molecule has 2 saturated heterocycles. The highest BCUT2D eigenvalue weighted by molar-refractivity contribution is 5.91. The van der Waals surface area contributed by atoms with Crippen LogP contribution in [0.1, 0.15) is 25.5 Å². The van der Waals surface area contributed by atoms with Gasteiger partial charge in [-0.2, -0.15) is 5.10 Å². The molecule has 0 atom stereocenters. The van der Waals surface area contributed by atoms with Crippen molar-refractivity contribution in [2.24, 2.45) is 5.92 Å². The quantitative estimate of drug-likeness (QED) is 0.580. The van der Waals surface area contributed by atoms with E-state index in [4.69, 9.17) is 9.72 Å². The Hall–Kier alpha value is -3.29. The molecule has 0 radical (unpaired) electrons. The number of benzene rings is 1. The van der Waals surface area contributed by atoms with E-state index in [1.165, 1.54) is 0 Å². The number of fused-ring (bicyclic) bond motifs is 1. The number of methoxy groups -OCH3 is 1. The zero-order valence-corrected chi connectivity index (χ0v) is 20.4. The van der Waals surface area contributed by atoms with Crippen molar-refractivity contribution in [3.63, 3.8) is 0 Å². The van der Waals surface area contributed by atoms with Crippen LogP contribution in [0.3, 0.4) is 0 Å². The number of anilines is 2. The van der Waals surface area contributed by atoms with Crippen LogP contribution in [-0.4, -0.2) is 71.9 Å². The molecule has 0 saturated carbocycles. The summed E-state index contributed by atoms with van der Waals surface area (Å²) in [6, 6.07) is 10.2. The average molecular weight is 463 g/mol. The Labute approximate surface area is 201 Å². The minimum Gasteiger partial charge on any atom is -0.495 e. The maximum Gasteiger partial charge on any atom is 0.225 e. The van der Waals surface area contributed by atoms with E-state index < -0.39 is 0 Å². The van der Waals surface area contributed by atoms with E-state index in [1.807, 2.05) is 35.1 Å². The normalized spacial score (nSPS) is 17.4. The lowest BCUT2D eigenvalue weighted by atomic mass is 9.94. The summed E-state index contributed by atoms with van der Waals surface area (Å²) >= 11 is 0. The molecule has 0 unspecified atom stereocenters. The molecule has 0 spiro atoms. The first-order valence-corrected chi connectivity index (χ1v) is 12.3. The van der Waals surface area contributed by atoms with Crippen molar-refractivity contribution in [2.45, 2.75) is 33.2 Å². The molecule has 2 aromatic heterocycles. The SMILES string of the molecule is CCn1nc(C)c2ccnc(N3CCC(C(=O)N4CCN(c5ccccc5OC)CC4)CC3)c21. The summed E-state index contributed by atoms with van der Waals surface area (Å²) in [5, 5.41) is 5.85. The number of rotatable bonds is 5. The summed E-state index contributed by atoms with van der Waals surface area (Å²) in [6.07, 6.45) is 3.61. The Bertz CT molecular complexity index is 1160. The number of aromatic nitrogens is 3. The maximum atomic E-state index is 13.3. The molecule has 1 amide bonds. The van der Waals surface area contributed by atoms with Crippen LogP contribution >= 0.6 is 0 Å². The number of carbonyl (C=O) groups is 1. The Morgan fingerprint density at radius 1 is 1.03 bits per heavy atom. The Morgan fingerprint density at radius 2 is 1.76 bits per heavy atom. The van der Waals surface area contributed by atoms with Gasteiger partial charge in [-0.05, 0) is 44.9 Å². The fourth-order valence-corrected chi connectivity index (χ4v) is 5.39. The number of nitrogens with zero attached hydrogens (tertiary/aromatic N) is 6. The van der Waals surface area contributed by atoms with Gasteiger partial charge in [-0.15, -0.1) is 0 Å². The molecule has 4 heterocycles. The number of para-hydroxylation sites is 2. The molecule has 5 rings (SSSR count). The number of aryl methyl sites for hydroxylation is 2. The summed E-state index contributed by atoms with van der Waals surface area (Å²) in [5.74, 6) is 2.28. The minimum atomic E-state index is 0.0890. The van der Waals surface area contributed by atoms with Gasteiger partial charge in [0.2, 0.25) is 5.91 Å². The number of hydrogen-bond donors (Lipinski definition) is 0. The van der Waals surface area contributed by atoms with Crippen LogP contribution in [0.25, 0.3) is 10.9 Å². The summed E-state index contributed by atoms with van der Waals surface area (Å²) in [4.78, 5) is 24.7. The van der Waals surface area contributed by atoms with E-state index in [0.717, 1.165) is 92.5 Å². The zero-order valence-electron chi connectivity index (χ0n) is 20.4. The van der Waals surface area contributed by atoms with E-state index in [9.17, 15) is 4.79 Å². The molecule has 8 nitrogen and oxygen atoms in total. The van der Waals surface area contributed by atoms with Crippen LogP contribution in [0.15, 0.2) is 36.5 Å². The van der Waals surface area contributed by atoms with Crippen LogP contribution in [0.4, 0.5) is 11.5 Å². The van der Waals surface area contributed by atoms with E-state index >= 15 is 0 Å². The number of ether oxygens (including phenoxy) is 1. The molecule has 2 aliphatic heterocycles. The number of carbonyl (C=O) groups excluding carboxylic acids is 1. The van der Waals surface area contributed by atoms with Gasteiger partial charge in [-0.25, -0.2) is 4.98 Å².